The molecule has 8 N–H and O–H groups in total. The van der Waals surface area contributed by atoms with Gasteiger partial charge in [0.15, 0.2) is 0 Å². The summed E-state index contributed by atoms with van der Waals surface area (Å²) >= 11 is 0. The Hall–Kier alpha value is -2.41. The molecule has 0 aliphatic rings. The van der Waals surface area contributed by atoms with Gasteiger partial charge in [-0.2, -0.15) is 0 Å². The van der Waals surface area contributed by atoms with E-state index in [1.807, 2.05) is 0 Å². The molecule has 2 aromatic carbocycles. The summed E-state index contributed by atoms with van der Waals surface area (Å²) in [6.45, 7) is 0. The van der Waals surface area contributed by atoms with Gasteiger partial charge in [0.1, 0.15) is 0 Å². The number of anilines is 4. The number of benzene rings is 2. The van der Waals surface area contributed by atoms with Gasteiger partial charge in [0.2, 0.25) is 9.84 Å². The summed E-state index contributed by atoms with van der Waals surface area (Å²) in [5.74, 6) is 0. The minimum atomic E-state index is -3.69. The average molecular weight is 278 g/mol. The summed E-state index contributed by atoms with van der Waals surface area (Å²) in [6.07, 6.45) is 0. The molecule has 0 fully saturated rings. The quantitative estimate of drug-likeness (QED) is 0.601. The second kappa shape index (κ2) is 4.36. The highest BCUT2D eigenvalue weighted by Crippen LogP contribution is 2.30. The van der Waals surface area contributed by atoms with Crippen molar-refractivity contribution in [1.82, 2.24) is 0 Å². The van der Waals surface area contributed by atoms with Gasteiger partial charge in [-0.1, -0.05) is 0 Å². The Morgan fingerprint density at radius 1 is 0.737 bits per heavy atom. The van der Waals surface area contributed by atoms with Gasteiger partial charge < -0.3 is 22.9 Å². The molecule has 2 aromatic rings. The SMILES string of the molecule is Nc1ccc(S(=O)(=O)c2cc(N)c(N)c(N)c2)cc1. The highest BCUT2D eigenvalue weighted by molar-refractivity contribution is 7.91. The fourth-order valence-corrected chi connectivity index (χ4v) is 2.94. The number of nitrogens with two attached hydrogens (primary N) is 4. The Balaban J connectivity index is 2.60. The van der Waals surface area contributed by atoms with Crippen LogP contribution in [0.15, 0.2) is 46.2 Å². The van der Waals surface area contributed by atoms with Crippen LogP contribution in [-0.2, 0) is 9.84 Å². The lowest BCUT2D eigenvalue weighted by Crippen LogP contribution is -2.07. The van der Waals surface area contributed by atoms with Crippen molar-refractivity contribution < 1.29 is 8.42 Å². The molecule has 0 aliphatic carbocycles. The van der Waals surface area contributed by atoms with Crippen molar-refractivity contribution in [1.29, 1.82) is 0 Å². The first-order chi connectivity index (χ1) is 8.82. The molecule has 2 rings (SSSR count). The van der Waals surface area contributed by atoms with Gasteiger partial charge in [-0.25, -0.2) is 8.42 Å². The van der Waals surface area contributed by atoms with Gasteiger partial charge in [0.05, 0.1) is 26.9 Å². The standard InChI is InChI=1S/C12H14N4O2S/c13-7-1-3-8(4-2-7)19(17,18)9-5-10(14)12(16)11(15)6-9/h1-6H,13-16H2. The maximum atomic E-state index is 12.4. The van der Waals surface area contributed by atoms with E-state index >= 15 is 0 Å². The smallest absolute Gasteiger partial charge is 0.206 e. The third-order valence-corrected chi connectivity index (χ3v) is 4.47. The van der Waals surface area contributed by atoms with Gasteiger partial charge in [-0.15, -0.1) is 0 Å². The lowest BCUT2D eigenvalue weighted by Gasteiger charge is -2.09. The molecule has 0 atom stereocenters. The molecular weight excluding hydrogens is 264 g/mol. The van der Waals surface area contributed by atoms with E-state index in [0.29, 0.717) is 5.69 Å². The van der Waals surface area contributed by atoms with E-state index in [9.17, 15) is 8.42 Å². The van der Waals surface area contributed by atoms with Crippen LogP contribution in [0.3, 0.4) is 0 Å². The fraction of sp³-hybridized carbons (Fsp3) is 0. The third kappa shape index (κ3) is 2.27. The molecule has 0 aromatic heterocycles. The zero-order valence-electron chi connectivity index (χ0n) is 10.00. The van der Waals surface area contributed by atoms with Crippen LogP contribution in [0.1, 0.15) is 0 Å². The zero-order chi connectivity index (χ0) is 14.2. The van der Waals surface area contributed by atoms with Gasteiger partial charge in [-0.05, 0) is 36.4 Å². The first-order valence-electron chi connectivity index (χ1n) is 5.37. The molecule has 100 valence electrons. The topological polar surface area (TPSA) is 138 Å². The summed E-state index contributed by atoms with van der Waals surface area (Å²) in [7, 11) is -3.69. The third-order valence-electron chi connectivity index (χ3n) is 2.72. The van der Waals surface area contributed by atoms with E-state index in [0.717, 1.165) is 0 Å². The summed E-state index contributed by atoms with van der Waals surface area (Å²) < 4.78 is 24.7. The Kier molecular flexibility index (Phi) is 2.99. The molecule has 6 nitrogen and oxygen atoms in total. The minimum Gasteiger partial charge on any atom is -0.399 e. The van der Waals surface area contributed by atoms with E-state index in [4.69, 9.17) is 22.9 Å². The number of hydrogen-bond acceptors (Lipinski definition) is 6. The first-order valence-corrected chi connectivity index (χ1v) is 6.86. The normalized spacial score (nSPS) is 11.4. The van der Waals surface area contributed by atoms with E-state index in [2.05, 4.69) is 0 Å². The van der Waals surface area contributed by atoms with E-state index in [1.165, 1.54) is 36.4 Å². The second-order valence-electron chi connectivity index (χ2n) is 4.09. The Labute approximate surface area is 110 Å². The van der Waals surface area contributed by atoms with Crippen LogP contribution in [0.25, 0.3) is 0 Å². The van der Waals surface area contributed by atoms with Crippen molar-refractivity contribution in [2.45, 2.75) is 9.79 Å². The van der Waals surface area contributed by atoms with Crippen LogP contribution in [-0.4, -0.2) is 8.42 Å². The fourth-order valence-electron chi connectivity index (χ4n) is 1.61. The summed E-state index contributed by atoms with van der Waals surface area (Å²) in [6, 6.07) is 8.45. The van der Waals surface area contributed by atoms with Crippen LogP contribution < -0.4 is 22.9 Å². The summed E-state index contributed by atoms with van der Waals surface area (Å²) in [4.78, 5) is 0.117. The number of hydrogen-bond donors (Lipinski definition) is 4. The molecule has 0 unspecified atom stereocenters. The maximum absolute atomic E-state index is 12.4. The Bertz CT molecular complexity index is 701. The predicted octanol–water partition coefficient (Wildman–Crippen LogP) is 0.848. The minimum absolute atomic E-state index is 0.00136. The molecule has 0 heterocycles. The molecule has 0 spiro atoms. The van der Waals surface area contributed by atoms with E-state index in [1.54, 1.807) is 0 Å². The van der Waals surface area contributed by atoms with Gasteiger partial charge >= 0.3 is 0 Å². The Morgan fingerprint density at radius 3 is 1.68 bits per heavy atom. The second-order valence-corrected chi connectivity index (χ2v) is 6.04. The van der Waals surface area contributed by atoms with Crippen LogP contribution >= 0.6 is 0 Å². The monoisotopic (exact) mass is 278 g/mol. The number of sulfone groups is 1. The highest BCUT2D eigenvalue weighted by Gasteiger charge is 2.19. The first kappa shape index (κ1) is 13.0. The molecule has 0 bridgehead atoms. The van der Waals surface area contributed by atoms with Crippen molar-refractivity contribution in [2.75, 3.05) is 22.9 Å². The van der Waals surface area contributed by atoms with E-state index in [-0.39, 0.29) is 26.9 Å². The molecule has 0 saturated carbocycles. The zero-order valence-corrected chi connectivity index (χ0v) is 10.8. The van der Waals surface area contributed by atoms with Crippen molar-refractivity contribution in [3.63, 3.8) is 0 Å². The van der Waals surface area contributed by atoms with Crippen LogP contribution in [0.2, 0.25) is 0 Å². The summed E-state index contributed by atoms with van der Waals surface area (Å²) in [5, 5.41) is 0. The molecule has 19 heavy (non-hydrogen) atoms. The number of rotatable bonds is 2. The van der Waals surface area contributed by atoms with Crippen molar-refractivity contribution in [2.24, 2.45) is 0 Å². The van der Waals surface area contributed by atoms with E-state index < -0.39 is 9.84 Å². The largest absolute Gasteiger partial charge is 0.399 e. The van der Waals surface area contributed by atoms with Crippen molar-refractivity contribution in [3.05, 3.63) is 36.4 Å². The van der Waals surface area contributed by atoms with Gasteiger partial charge in [-0.3, -0.25) is 0 Å². The summed E-state index contributed by atoms with van der Waals surface area (Å²) in [5.41, 5.74) is 23.3. The molecular formula is C12H14N4O2S. The van der Waals surface area contributed by atoms with Crippen molar-refractivity contribution in [3.8, 4) is 0 Å². The molecule has 0 radical (unpaired) electrons. The van der Waals surface area contributed by atoms with Crippen LogP contribution in [0.4, 0.5) is 22.7 Å². The predicted molar refractivity (Wildman–Crippen MR) is 76.0 cm³/mol. The lowest BCUT2D eigenvalue weighted by molar-refractivity contribution is 0.596. The van der Waals surface area contributed by atoms with Crippen LogP contribution in [0, 0.1) is 0 Å². The molecule has 0 saturated heterocycles. The average Bonchev–Trinajstić information content (AvgIpc) is 2.35. The highest BCUT2D eigenvalue weighted by atomic mass is 32.2. The maximum Gasteiger partial charge on any atom is 0.206 e. The van der Waals surface area contributed by atoms with Gasteiger partial charge in [0.25, 0.3) is 0 Å². The lowest BCUT2D eigenvalue weighted by atomic mass is 10.2. The van der Waals surface area contributed by atoms with Crippen LogP contribution in [0.5, 0.6) is 0 Å². The number of nitrogen functional groups attached to an aromatic ring is 4. The molecule has 0 aliphatic heterocycles. The van der Waals surface area contributed by atoms with Gasteiger partial charge in [0, 0.05) is 5.69 Å². The molecule has 7 heteroatoms. The van der Waals surface area contributed by atoms with Crippen molar-refractivity contribution >= 4 is 32.6 Å². The Morgan fingerprint density at radius 2 is 1.21 bits per heavy atom. The molecule has 0 amide bonds.